The Morgan fingerprint density at radius 3 is 2.29 bits per heavy atom. The van der Waals surface area contributed by atoms with E-state index in [0.717, 1.165) is 16.3 Å². The molecule has 76 valence electrons. The molecule has 0 N–H and O–H groups in total. The zero-order chi connectivity index (χ0) is 10.7. The molecule has 0 fully saturated rings. The Labute approximate surface area is 132 Å². The van der Waals surface area contributed by atoms with Crippen LogP contribution < -0.4 is 23.8 Å². The topological polar surface area (TPSA) is 3.24 Å². The van der Waals surface area contributed by atoms with E-state index < -0.39 is 0 Å². The molecule has 2 rings (SSSR count). The monoisotopic (exact) mass is 227 g/mol. The average molecular weight is 227 g/mol. The number of benzene rings is 2. The third-order valence-electron chi connectivity index (χ3n) is 2.28. The van der Waals surface area contributed by atoms with Gasteiger partial charge in [-0.2, -0.15) is 4.90 Å². The van der Waals surface area contributed by atoms with E-state index >= 15 is 0 Å². The van der Waals surface area contributed by atoms with Crippen molar-refractivity contribution < 1.29 is 18.9 Å². The van der Waals surface area contributed by atoms with Gasteiger partial charge in [0.1, 0.15) is 0 Å². The Morgan fingerprint density at radius 1 is 1.06 bits per heavy atom. The molecular weight excluding hydrogens is 216 g/mol. The minimum Gasteiger partial charge on any atom is -0.778 e. The third kappa shape index (κ3) is 4.11. The summed E-state index contributed by atoms with van der Waals surface area (Å²) in [7, 11) is 2.00. The van der Waals surface area contributed by atoms with Crippen molar-refractivity contribution in [1.29, 1.82) is 0 Å². The van der Waals surface area contributed by atoms with Crippen molar-refractivity contribution in [2.24, 2.45) is 0 Å². The van der Waals surface area contributed by atoms with Gasteiger partial charge in [-0.05, 0) is 12.1 Å². The molecule has 0 unspecified atom stereocenters. The fraction of sp³-hybridized carbons (Fsp3) is 0.0769. The van der Waals surface area contributed by atoms with E-state index in [0.29, 0.717) is 0 Å². The molecule has 0 aliphatic rings. The van der Waals surface area contributed by atoms with E-state index in [1.54, 1.807) is 0 Å². The molecule has 0 spiro atoms. The fourth-order valence-electron chi connectivity index (χ4n) is 1.46. The van der Waals surface area contributed by atoms with Gasteiger partial charge in [0, 0.05) is 43.3 Å². The Hall–Kier alpha value is -0.345. The first kappa shape index (κ1) is 16.7. The molecule has 0 aliphatic heterocycles. The van der Waals surface area contributed by atoms with Gasteiger partial charge in [-0.25, -0.2) is 0 Å². The summed E-state index contributed by atoms with van der Waals surface area (Å²) in [6.07, 6.45) is 0. The van der Waals surface area contributed by atoms with Crippen LogP contribution in [0.15, 0.2) is 53.4 Å². The van der Waals surface area contributed by atoms with Gasteiger partial charge in [-0.3, -0.25) is 0 Å². The van der Waals surface area contributed by atoms with Gasteiger partial charge < -0.3 is 17.5 Å². The number of nitrogens with zero attached hydrogens (tertiary/aromatic N) is 1. The van der Waals surface area contributed by atoms with Crippen LogP contribution in [0.3, 0.4) is 0 Å². The molecule has 0 amide bonds. The van der Waals surface area contributed by atoms with E-state index in [2.05, 4.69) is 6.07 Å². The summed E-state index contributed by atoms with van der Waals surface area (Å²) < 4.78 is 0. The van der Waals surface area contributed by atoms with Crippen molar-refractivity contribution in [1.82, 2.24) is 0 Å². The summed E-state index contributed by atoms with van der Waals surface area (Å²) in [6, 6.07) is 18.9. The molecule has 0 bridgehead atoms. The molecule has 0 aromatic heterocycles. The van der Waals surface area contributed by atoms with Crippen LogP contribution in [0, 0.1) is 6.07 Å². The van der Waals surface area contributed by atoms with Crippen LogP contribution in [-0.4, -0.2) is 25.9 Å². The second-order valence-electron chi connectivity index (χ2n) is 3.27. The summed E-state index contributed by atoms with van der Waals surface area (Å²) in [5, 5.41) is 0. The molecule has 0 aliphatic carbocycles. The zero-order valence-electron chi connectivity index (χ0n) is 10.5. The molecule has 2 radical (unpaired) electrons. The maximum Gasteiger partial charge on any atom is 1.00 e. The van der Waals surface area contributed by atoms with Gasteiger partial charge in [0.05, 0.1) is 0 Å². The van der Waals surface area contributed by atoms with Gasteiger partial charge in [-0.15, -0.1) is 0 Å². The maximum absolute atomic E-state index is 5.27. The molecule has 1 nitrogen and oxygen atoms in total. The van der Waals surface area contributed by atoms with E-state index in [1.807, 2.05) is 60.5 Å². The van der Waals surface area contributed by atoms with Crippen molar-refractivity contribution in [3.63, 3.8) is 0 Å². The molecule has 2 aromatic carbocycles. The largest absolute Gasteiger partial charge is 1.00 e. The summed E-state index contributed by atoms with van der Waals surface area (Å²) in [5.74, 6) is 0. The van der Waals surface area contributed by atoms with Crippen molar-refractivity contribution >= 4 is 42.9 Å². The van der Waals surface area contributed by atoms with Crippen LogP contribution in [0.25, 0.3) is 0 Å². The zero-order valence-corrected chi connectivity index (χ0v) is 11.3. The molecule has 0 atom stereocenters. The summed E-state index contributed by atoms with van der Waals surface area (Å²) >= 11 is 5.27. The third-order valence-corrected chi connectivity index (χ3v) is 2.63. The summed E-state index contributed by atoms with van der Waals surface area (Å²) in [4.78, 5) is 2.90. The molecule has 2 aromatic rings. The predicted octanol–water partition coefficient (Wildman–Crippen LogP) is -0.216. The van der Waals surface area contributed by atoms with Crippen molar-refractivity contribution in [3.8, 4) is 0 Å². The van der Waals surface area contributed by atoms with E-state index in [9.17, 15) is 0 Å². The second-order valence-corrected chi connectivity index (χ2v) is 3.71. The Morgan fingerprint density at radius 2 is 1.71 bits per heavy atom. The molecule has 0 heterocycles. The SMILES string of the molecule is CN(c1[c]cccc1)c1ccccc1[S-].[Li+].[Li]. The normalized spacial score (nSPS) is 8.76. The molecule has 4 heteroatoms. The maximum atomic E-state index is 5.27. The van der Waals surface area contributed by atoms with Crippen molar-refractivity contribution in [3.05, 3.63) is 54.6 Å². The van der Waals surface area contributed by atoms with Crippen LogP contribution in [0.2, 0.25) is 0 Å². The first-order chi connectivity index (χ1) is 7.29. The fourth-order valence-corrected chi connectivity index (χ4v) is 1.74. The number of rotatable bonds is 2. The van der Waals surface area contributed by atoms with Gasteiger partial charge in [-0.1, -0.05) is 36.4 Å². The van der Waals surface area contributed by atoms with Crippen molar-refractivity contribution in [2.45, 2.75) is 4.90 Å². The van der Waals surface area contributed by atoms with Gasteiger partial charge >= 0.3 is 18.9 Å². The van der Waals surface area contributed by atoms with E-state index in [4.69, 9.17) is 12.6 Å². The van der Waals surface area contributed by atoms with Crippen LogP contribution >= 0.6 is 0 Å². The number of hydrogen-bond donors (Lipinski definition) is 0. The number of hydrogen-bond acceptors (Lipinski definition) is 2. The molecular formula is C13H11Li2NS. The quantitative estimate of drug-likeness (QED) is 0.515. The Bertz CT molecular complexity index is 448. The van der Waals surface area contributed by atoms with Gasteiger partial charge in [0.15, 0.2) is 0 Å². The van der Waals surface area contributed by atoms with E-state index in [-0.39, 0.29) is 37.7 Å². The average Bonchev–Trinajstić information content (AvgIpc) is 2.30. The molecule has 0 saturated carbocycles. The van der Waals surface area contributed by atoms with Crippen LogP contribution in [0.4, 0.5) is 11.4 Å². The van der Waals surface area contributed by atoms with Crippen molar-refractivity contribution in [2.75, 3.05) is 11.9 Å². The Balaban J connectivity index is 0.00000128. The predicted molar refractivity (Wildman–Crippen MR) is 71.2 cm³/mol. The van der Waals surface area contributed by atoms with Crippen LogP contribution in [-0.2, 0) is 12.6 Å². The second kappa shape index (κ2) is 7.88. The summed E-state index contributed by atoms with van der Waals surface area (Å²) in [5.41, 5.74) is 2.06. The number of para-hydroxylation sites is 2. The first-order valence-electron chi connectivity index (χ1n) is 4.75. The minimum absolute atomic E-state index is 0. The molecule has 17 heavy (non-hydrogen) atoms. The van der Waals surface area contributed by atoms with E-state index in [1.165, 1.54) is 0 Å². The molecule has 0 saturated heterocycles. The Kier molecular flexibility index (Phi) is 7.72. The van der Waals surface area contributed by atoms with Gasteiger partial charge in [0.25, 0.3) is 0 Å². The smallest absolute Gasteiger partial charge is 0.778 e. The van der Waals surface area contributed by atoms with Crippen LogP contribution in [0.1, 0.15) is 0 Å². The minimum atomic E-state index is 0. The van der Waals surface area contributed by atoms with Crippen LogP contribution in [0.5, 0.6) is 0 Å². The summed E-state index contributed by atoms with van der Waals surface area (Å²) in [6.45, 7) is 0. The number of anilines is 2. The first-order valence-corrected chi connectivity index (χ1v) is 5.16. The van der Waals surface area contributed by atoms with Gasteiger partial charge in [0.2, 0.25) is 0 Å². The standard InChI is InChI=1S/C13H12NS.2Li/c1-14(11-7-3-2-4-8-11)12-9-5-6-10-13(12)15;;/h2-7,9-10,15H,1H3;;/q;;+1/p-1.